The van der Waals surface area contributed by atoms with Gasteiger partial charge >= 0.3 is 0 Å². The summed E-state index contributed by atoms with van der Waals surface area (Å²) in [5.74, 6) is -1.71. The number of benzene rings is 2. The van der Waals surface area contributed by atoms with Gasteiger partial charge in [-0.25, -0.2) is 8.78 Å². The third kappa shape index (κ3) is 1.87. The van der Waals surface area contributed by atoms with Crippen LogP contribution in [-0.2, 0) is 0 Å². The fraction of sp³-hybridized carbons (Fsp3) is 0. The van der Waals surface area contributed by atoms with Gasteiger partial charge in [-0.3, -0.25) is 0 Å². The number of aromatic amines is 1. The maximum atomic E-state index is 13.2. The second kappa shape index (κ2) is 4.10. The van der Waals surface area contributed by atoms with E-state index < -0.39 is 11.6 Å². The summed E-state index contributed by atoms with van der Waals surface area (Å²) >= 11 is 5.90. The van der Waals surface area contributed by atoms with E-state index >= 15 is 0 Å². The molecule has 1 nitrogen and oxygen atoms in total. The lowest BCUT2D eigenvalue weighted by molar-refractivity contribution is 0.509. The van der Waals surface area contributed by atoms with E-state index in [1.54, 1.807) is 6.07 Å². The standard InChI is InChI=1S/C14H8ClF2N/c15-10-2-4-13-9(5-10)7-14(18-13)8-1-3-11(16)12(17)6-8/h1-7,18H. The van der Waals surface area contributed by atoms with Gasteiger partial charge in [0.05, 0.1) is 0 Å². The molecule has 4 heteroatoms. The molecule has 1 aromatic heterocycles. The molecular weight excluding hydrogens is 256 g/mol. The van der Waals surface area contributed by atoms with Crippen molar-refractivity contribution in [3.05, 3.63) is 59.1 Å². The van der Waals surface area contributed by atoms with Crippen molar-refractivity contribution in [1.29, 1.82) is 0 Å². The van der Waals surface area contributed by atoms with Crippen molar-refractivity contribution in [1.82, 2.24) is 4.98 Å². The Morgan fingerprint density at radius 3 is 2.50 bits per heavy atom. The third-order valence-electron chi connectivity index (χ3n) is 2.81. The van der Waals surface area contributed by atoms with Gasteiger partial charge in [-0.2, -0.15) is 0 Å². The summed E-state index contributed by atoms with van der Waals surface area (Å²) < 4.78 is 26.0. The van der Waals surface area contributed by atoms with Gasteiger partial charge in [-0.05, 0) is 42.5 Å². The molecule has 0 saturated carbocycles. The minimum atomic E-state index is -0.857. The van der Waals surface area contributed by atoms with E-state index in [0.29, 0.717) is 10.6 Å². The van der Waals surface area contributed by atoms with E-state index in [1.165, 1.54) is 12.1 Å². The van der Waals surface area contributed by atoms with Gasteiger partial charge in [0.2, 0.25) is 0 Å². The number of rotatable bonds is 1. The van der Waals surface area contributed by atoms with E-state index in [4.69, 9.17) is 11.6 Å². The summed E-state index contributed by atoms with van der Waals surface area (Å²) in [5, 5.41) is 1.57. The van der Waals surface area contributed by atoms with Gasteiger partial charge in [0.25, 0.3) is 0 Å². The topological polar surface area (TPSA) is 15.8 Å². The Balaban J connectivity index is 2.16. The fourth-order valence-electron chi connectivity index (χ4n) is 1.92. The Kier molecular flexibility index (Phi) is 2.56. The molecule has 0 spiro atoms. The van der Waals surface area contributed by atoms with Crippen LogP contribution in [0.5, 0.6) is 0 Å². The number of halogens is 3. The first-order valence-corrected chi connectivity index (χ1v) is 5.75. The fourth-order valence-corrected chi connectivity index (χ4v) is 2.10. The van der Waals surface area contributed by atoms with E-state index in [-0.39, 0.29) is 0 Å². The maximum Gasteiger partial charge on any atom is 0.159 e. The summed E-state index contributed by atoms with van der Waals surface area (Å²) in [4.78, 5) is 3.14. The van der Waals surface area contributed by atoms with Gasteiger partial charge in [0, 0.05) is 27.2 Å². The number of hydrogen-bond donors (Lipinski definition) is 1. The third-order valence-corrected chi connectivity index (χ3v) is 3.05. The van der Waals surface area contributed by atoms with Gasteiger partial charge in [0.15, 0.2) is 11.6 Å². The molecule has 0 bridgehead atoms. The molecule has 0 aliphatic heterocycles. The smallest absolute Gasteiger partial charge is 0.159 e. The summed E-state index contributed by atoms with van der Waals surface area (Å²) in [5.41, 5.74) is 2.23. The van der Waals surface area contributed by atoms with Crippen LogP contribution in [0.2, 0.25) is 5.02 Å². The first kappa shape index (κ1) is 11.2. The summed E-state index contributed by atoms with van der Waals surface area (Å²) in [7, 11) is 0. The molecule has 0 atom stereocenters. The predicted octanol–water partition coefficient (Wildman–Crippen LogP) is 4.77. The number of fused-ring (bicyclic) bond motifs is 1. The SMILES string of the molecule is Fc1ccc(-c2cc3cc(Cl)ccc3[nH]2)cc1F. The predicted molar refractivity (Wildman–Crippen MR) is 68.7 cm³/mol. The Morgan fingerprint density at radius 1 is 0.889 bits per heavy atom. The van der Waals surface area contributed by atoms with Crippen molar-refractivity contribution in [2.75, 3.05) is 0 Å². The highest BCUT2D eigenvalue weighted by Crippen LogP contribution is 2.27. The highest BCUT2D eigenvalue weighted by Gasteiger charge is 2.07. The number of nitrogens with one attached hydrogen (secondary N) is 1. The molecule has 2 aromatic carbocycles. The second-order valence-corrected chi connectivity index (χ2v) is 4.48. The molecule has 0 radical (unpaired) electrons. The quantitative estimate of drug-likeness (QED) is 0.651. The van der Waals surface area contributed by atoms with Crippen molar-refractivity contribution < 1.29 is 8.78 Å². The largest absolute Gasteiger partial charge is 0.355 e. The lowest BCUT2D eigenvalue weighted by atomic mass is 10.1. The van der Waals surface area contributed by atoms with Crippen LogP contribution >= 0.6 is 11.6 Å². The highest BCUT2D eigenvalue weighted by atomic mass is 35.5. The molecule has 90 valence electrons. The second-order valence-electron chi connectivity index (χ2n) is 4.04. The van der Waals surface area contributed by atoms with Gasteiger partial charge in [-0.15, -0.1) is 0 Å². The molecule has 0 unspecified atom stereocenters. The van der Waals surface area contributed by atoms with Crippen LogP contribution in [0.3, 0.4) is 0 Å². The van der Waals surface area contributed by atoms with Crippen LogP contribution in [0.4, 0.5) is 8.78 Å². The van der Waals surface area contributed by atoms with Crippen molar-refractivity contribution in [3.8, 4) is 11.3 Å². The van der Waals surface area contributed by atoms with Gasteiger partial charge < -0.3 is 4.98 Å². The molecule has 18 heavy (non-hydrogen) atoms. The van der Waals surface area contributed by atoms with Gasteiger partial charge in [-0.1, -0.05) is 11.6 Å². The molecule has 1 N–H and O–H groups in total. The molecule has 3 rings (SSSR count). The van der Waals surface area contributed by atoms with E-state index in [2.05, 4.69) is 4.98 Å². The normalized spacial score (nSPS) is 11.1. The van der Waals surface area contributed by atoms with Crippen molar-refractivity contribution in [3.63, 3.8) is 0 Å². The first-order valence-electron chi connectivity index (χ1n) is 5.37. The average Bonchev–Trinajstić information content (AvgIpc) is 2.75. The van der Waals surface area contributed by atoms with Crippen LogP contribution in [0.15, 0.2) is 42.5 Å². The number of H-pyrrole nitrogens is 1. The summed E-state index contributed by atoms with van der Waals surface area (Å²) in [6.45, 7) is 0. The minimum Gasteiger partial charge on any atom is -0.355 e. The molecule has 0 saturated heterocycles. The Labute approximate surface area is 107 Å². The van der Waals surface area contributed by atoms with Crippen LogP contribution in [0, 0.1) is 11.6 Å². The zero-order valence-corrected chi connectivity index (χ0v) is 9.93. The van der Waals surface area contributed by atoms with E-state index in [1.807, 2.05) is 18.2 Å². The monoisotopic (exact) mass is 263 g/mol. The van der Waals surface area contributed by atoms with Gasteiger partial charge in [0.1, 0.15) is 0 Å². The summed E-state index contributed by atoms with van der Waals surface area (Å²) in [6, 6.07) is 11.1. The molecule has 0 amide bonds. The van der Waals surface area contributed by atoms with E-state index in [9.17, 15) is 8.78 Å². The maximum absolute atomic E-state index is 13.2. The average molecular weight is 264 g/mol. The van der Waals surface area contributed by atoms with Crippen LogP contribution in [-0.4, -0.2) is 4.98 Å². The Morgan fingerprint density at radius 2 is 1.72 bits per heavy atom. The Hall–Kier alpha value is -1.87. The molecule has 1 heterocycles. The lowest BCUT2D eigenvalue weighted by Gasteiger charge is -1.98. The summed E-state index contributed by atoms with van der Waals surface area (Å²) in [6.07, 6.45) is 0. The lowest BCUT2D eigenvalue weighted by Crippen LogP contribution is -1.85. The molecule has 0 aliphatic rings. The van der Waals surface area contributed by atoms with Crippen molar-refractivity contribution in [2.45, 2.75) is 0 Å². The molecule has 3 aromatic rings. The van der Waals surface area contributed by atoms with E-state index in [0.717, 1.165) is 22.7 Å². The van der Waals surface area contributed by atoms with Crippen LogP contribution in [0.25, 0.3) is 22.2 Å². The number of hydrogen-bond acceptors (Lipinski definition) is 0. The molecular formula is C14H8ClF2N. The molecule has 0 aliphatic carbocycles. The van der Waals surface area contributed by atoms with Crippen LogP contribution in [0.1, 0.15) is 0 Å². The van der Waals surface area contributed by atoms with Crippen molar-refractivity contribution >= 4 is 22.5 Å². The zero-order valence-electron chi connectivity index (χ0n) is 9.18. The number of aromatic nitrogens is 1. The minimum absolute atomic E-state index is 0.598. The van der Waals surface area contributed by atoms with Crippen LogP contribution < -0.4 is 0 Å². The highest BCUT2D eigenvalue weighted by molar-refractivity contribution is 6.31. The molecule has 0 fully saturated rings. The first-order chi connectivity index (χ1) is 8.63. The zero-order chi connectivity index (χ0) is 12.7. The van der Waals surface area contributed by atoms with Crippen molar-refractivity contribution in [2.24, 2.45) is 0 Å². The Bertz CT molecular complexity index is 734.